The van der Waals surface area contributed by atoms with Crippen molar-refractivity contribution >= 4 is 23.0 Å². The van der Waals surface area contributed by atoms with Gasteiger partial charge in [-0.05, 0) is 48.8 Å². The summed E-state index contributed by atoms with van der Waals surface area (Å²) in [4.78, 5) is 4.06. The molecule has 3 nitrogen and oxygen atoms in total. The molecule has 0 amide bonds. The standard InChI is InChI=1S/C16H19N3S/c1-3-15(14-9-5-4-7-12(14)2)19-16(20)18-13-8-6-10-17-11-13/h4-11,15H,3H2,1-2H3,(H2,18,19,20). The Hall–Kier alpha value is -1.94. The molecule has 0 saturated heterocycles. The summed E-state index contributed by atoms with van der Waals surface area (Å²) in [6.45, 7) is 4.27. The second kappa shape index (κ2) is 7.01. The van der Waals surface area contributed by atoms with Crippen LogP contribution in [0, 0.1) is 6.92 Å². The van der Waals surface area contributed by atoms with Crippen LogP contribution in [0.1, 0.15) is 30.5 Å². The van der Waals surface area contributed by atoms with E-state index in [-0.39, 0.29) is 6.04 Å². The molecule has 2 rings (SSSR count). The van der Waals surface area contributed by atoms with E-state index >= 15 is 0 Å². The minimum absolute atomic E-state index is 0.216. The smallest absolute Gasteiger partial charge is 0.171 e. The number of rotatable bonds is 4. The highest BCUT2D eigenvalue weighted by molar-refractivity contribution is 7.80. The zero-order valence-electron chi connectivity index (χ0n) is 11.8. The van der Waals surface area contributed by atoms with Gasteiger partial charge in [0.05, 0.1) is 17.9 Å². The molecule has 0 spiro atoms. The summed E-state index contributed by atoms with van der Waals surface area (Å²) in [7, 11) is 0. The van der Waals surface area contributed by atoms with Crippen molar-refractivity contribution < 1.29 is 0 Å². The number of aromatic nitrogens is 1. The molecule has 0 radical (unpaired) electrons. The summed E-state index contributed by atoms with van der Waals surface area (Å²) in [5, 5.41) is 7.14. The van der Waals surface area contributed by atoms with E-state index in [4.69, 9.17) is 12.2 Å². The van der Waals surface area contributed by atoms with E-state index in [0.717, 1.165) is 12.1 Å². The monoisotopic (exact) mass is 285 g/mol. The van der Waals surface area contributed by atoms with E-state index in [1.54, 1.807) is 12.4 Å². The van der Waals surface area contributed by atoms with Crippen molar-refractivity contribution in [2.24, 2.45) is 0 Å². The molecule has 0 aliphatic carbocycles. The number of nitrogens with zero attached hydrogens (tertiary/aromatic N) is 1. The first-order valence-corrected chi connectivity index (χ1v) is 7.14. The van der Waals surface area contributed by atoms with Gasteiger partial charge in [0.15, 0.2) is 5.11 Å². The topological polar surface area (TPSA) is 37.0 Å². The first-order chi connectivity index (χ1) is 9.70. The van der Waals surface area contributed by atoms with Crippen LogP contribution in [0.3, 0.4) is 0 Å². The molecule has 0 bridgehead atoms. The average Bonchev–Trinajstić information content (AvgIpc) is 2.46. The van der Waals surface area contributed by atoms with Gasteiger partial charge in [-0.15, -0.1) is 0 Å². The normalized spacial score (nSPS) is 11.7. The van der Waals surface area contributed by atoms with Gasteiger partial charge in [-0.1, -0.05) is 31.2 Å². The first-order valence-electron chi connectivity index (χ1n) is 6.73. The molecule has 1 unspecified atom stereocenters. The Labute approximate surface area is 125 Å². The third-order valence-corrected chi connectivity index (χ3v) is 3.42. The van der Waals surface area contributed by atoms with Crippen molar-refractivity contribution in [1.82, 2.24) is 10.3 Å². The third-order valence-electron chi connectivity index (χ3n) is 3.20. The van der Waals surface area contributed by atoms with Gasteiger partial charge in [0, 0.05) is 6.20 Å². The number of nitrogens with one attached hydrogen (secondary N) is 2. The van der Waals surface area contributed by atoms with Crippen molar-refractivity contribution in [3.05, 3.63) is 59.9 Å². The largest absolute Gasteiger partial charge is 0.356 e. The molecule has 1 aromatic carbocycles. The number of pyridine rings is 1. The average molecular weight is 285 g/mol. The maximum atomic E-state index is 5.37. The summed E-state index contributed by atoms with van der Waals surface area (Å²) in [6.07, 6.45) is 4.46. The molecule has 0 aliphatic rings. The lowest BCUT2D eigenvalue weighted by molar-refractivity contribution is 0.625. The van der Waals surface area contributed by atoms with Gasteiger partial charge in [-0.3, -0.25) is 4.98 Å². The zero-order chi connectivity index (χ0) is 14.4. The number of hydrogen-bond donors (Lipinski definition) is 2. The van der Waals surface area contributed by atoms with Gasteiger partial charge >= 0.3 is 0 Å². The predicted molar refractivity (Wildman–Crippen MR) is 87.8 cm³/mol. The fourth-order valence-corrected chi connectivity index (χ4v) is 2.40. The van der Waals surface area contributed by atoms with Gasteiger partial charge in [-0.25, -0.2) is 0 Å². The fourth-order valence-electron chi connectivity index (χ4n) is 2.14. The molecule has 104 valence electrons. The Morgan fingerprint density at radius 3 is 2.70 bits per heavy atom. The summed E-state index contributed by atoms with van der Waals surface area (Å²) >= 11 is 5.37. The van der Waals surface area contributed by atoms with Gasteiger partial charge in [0.1, 0.15) is 0 Å². The Bertz CT molecular complexity index is 569. The zero-order valence-corrected chi connectivity index (χ0v) is 12.6. The molecule has 2 N–H and O–H groups in total. The van der Waals surface area contributed by atoms with Crippen LogP contribution in [0.25, 0.3) is 0 Å². The minimum Gasteiger partial charge on any atom is -0.356 e. The maximum Gasteiger partial charge on any atom is 0.171 e. The van der Waals surface area contributed by atoms with Crippen molar-refractivity contribution in [3.8, 4) is 0 Å². The van der Waals surface area contributed by atoms with Crippen molar-refractivity contribution in [2.75, 3.05) is 5.32 Å². The molecule has 20 heavy (non-hydrogen) atoms. The number of thiocarbonyl (C=S) groups is 1. The Morgan fingerprint density at radius 2 is 2.05 bits per heavy atom. The lowest BCUT2D eigenvalue weighted by atomic mass is 10.00. The van der Waals surface area contributed by atoms with Crippen LogP contribution in [0.5, 0.6) is 0 Å². The molecule has 0 saturated carbocycles. The summed E-state index contributed by atoms with van der Waals surface area (Å²) in [5.41, 5.74) is 3.45. The van der Waals surface area contributed by atoms with Crippen LogP contribution >= 0.6 is 12.2 Å². The molecule has 0 aliphatic heterocycles. The molecule has 2 aromatic rings. The quantitative estimate of drug-likeness (QED) is 0.837. The predicted octanol–water partition coefficient (Wildman–Crippen LogP) is 3.83. The fraction of sp³-hybridized carbons (Fsp3) is 0.250. The molecular formula is C16H19N3S. The summed E-state index contributed by atoms with van der Waals surface area (Å²) < 4.78 is 0. The SMILES string of the molecule is CCC(NC(=S)Nc1cccnc1)c1ccccc1C. The second-order valence-electron chi connectivity index (χ2n) is 4.66. The number of hydrogen-bond acceptors (Lipinski definition) is 2. The van der Waals surface area contributed by atoms with E-state index in [9.17, 15) is 0 Å². The van der Waals surface area contributed by atoms with Crippen LogP contribution in [0.4, 0.5) is 5.69 Å². The lowest BCUT2D eigenvalue weighted by Gasteiger charge is -2.21. The van der Waals surface area contributed by atoms with Crippen molar-refractivity contribution in [3.63, 3.8) is 0 Å². The minimum atomic E-state index is 0.216. The van der Waals surface area contributed by atoms with Crippen LogP contribution in [0.2, 0.25) is 0 Å². The van der Waals surface area contributed by atoms with Crippen LogP contribution in [-0.4, -0.2) is 10.1 Å². The van der Waals surface area contributed by atoms with Gasteiger partial charge in [0.25, 0.3) is 0 Å². The summed E-state index contributed by atoms with van der Waals surface area (Å²) in [6, 6.07) is 12.4. The van der Waals surface area contributed by atoms with E-state index < -0.39 is 0 Å². The molecule has 4 heteroatoms. The van der Waals surface area contributed by atoms with Gasteiger partial charge in [0.2, 0.25) is 0 Å². The van der Waals surface area contributed by atoms with Crippen LogP contribution in [0.15, 0.2) is 48.8 Å². The second-order valence-corrected chi connectivity index (χ2v) is 5.07. The van der Waals surface area contributed by atoms with E-state index in [0.29, 0.717) is 5.11 Å². The maximum absolute atomic E-state index is 5.37. The molecule has 1 aromatic heterocycles. The lowest BCUT2D eigenvalue weighted by Crippen LogP contribution is -2.32. The van der Waals surface area contributed by atoms with Crippen LogP contribution < -0.4 is 10.6 Å². The third kappa shape index (κ3) is 3.78. The molecule has 1 heterocycles. The summed E-state index contributed by atoms with van der Waals surface area (Å²) in [5.74, 6) is 0. The van der Waals surface area contributed by atoms with Crippen LogP contribution in [-0.2, 0) is 0 Å². The Kier molecular flexibility index (Phi) is 5.07. The highest BCUT2D eigenvalue weighted by Crippen LogP contribution is 2.20. The molecule has 1 atom stereocenters. The van der Waals surface area contributed by atoms with E-state index in [1.165, 1.54) is 11.1 Å². The Balaban J connectivity index is 2.04. The van der Waals surface area contributed by atoms with E-state index in [1.807, 2.05) is 12.1 Å². The number of aryl methyl sites for hydroxylation is 1. The van der Waals surface area contributed by atoms with Crippen molar-refractivity contribution in [1.29, 1.82) is 0 Å². The molecular weight excluding hydrogens is 266 g/mol. The molecule has 0 fully saturated rings. The highest BCUT2D eigenvalue weighted by Gasteiger charge is 2.12. The van der Waals surface area contributed by atoms with Gasteiger partial charge < -0.3 is 10.6 Å². The Morgan fingerprint density at radius 1 is 1.25 bits per heavy atom. The van der Waals surface area contributed by atoms with Gasteiger partial charge in [-0.2, -0.15) is 0 Å². The highest BCUT2D eigenvalue weighted by atomic mass is 32.1. The number of benzene rings is 1. The van der Waals surface area contributed by atoms with Crippen molar-refractivity contribution in [2.45, 2.75) is 26.3 Å². The number of anilines is 1. The first kappa shape index (κ1) is 14.5. The van der Waals surface area contributed by atoms with E-state index in [2.05, 4.69) is 53.7 Å².